The van der Waals surface area contributed by atoms with E-state index in [0.717, 1.165) is 17.5 Å². The highest BCUT2D eigenvalue weighted by atomic mass is 35.5. The van der Waals surface area contributed by atoms with E-state index in [0.29, 0.717) is 19.5 Å². The molecule has 8 heteroatoms. The van der Waals surface area contributed by atoms with Crippen molar-refractivity contribution < 1.29 is 13.2 Å². The Kier molecular flexibility index (Phi) is 7.01. The van der Waals surface area contributed by atoms with Crippen molar-refractivity contribution in [1.82, 2.24) is 9.62 Å². The van der Waals surface area contributed by atoms with Gasteiger partial charge in [-0.05, 0) is 43.0 Å². The summed E-state index contributed by atoms with van der Waals surface area (Å²) in [6.45, 7) is 4.84. The zero-order valence-corrected chi connectivity index (χ0v) is 15.0. The molecular formula is C15H24ClN3O3S. The van der Waals surface area contributed by atoms with Crippen LogP contribution in [0.1, 0.15) is 25.0 Å². The third kappa shape index (κ3) is 4.91. The minimum Gasteiger partial charge on any atom is -0.342 e. The van der Waals surface area contributed by atoms with Gasteiger partial charge in [-0.1, -0.05) is 6.07 Å². The SMILES string of the molecule is CC(=O)N1CCc2ccc(S(=O)(=O)N[C@H](C)CN)cc2CC1.Cl. The number of benzene rings is 1. The molecule has 0 unspecified atom stereocenters. The molecule has 1 heterocycles. The highest BCUT2D eigenvalue weighted by Crippen LogP contribution is 2.20. The van der Waals surface area contributed by atoms with Gasteiger partial charge in [-0.25, -0.2) is 13.1 Å². The average molecular weight is 362 g/mol. The van der Waals surface area contributed by atoms with Gasteiger partial charge in [0.25, 0.3) is 0 Å². The van der Waals surface area contributed by atoms with E-state index in [2.05, 4.69) is 4.72 Å². The van der Waals surface area contributed by atoms with Crippen LogP contribution >= 0.6 is 12.4 Å². The van der Waals surface area contributed by atoms with E-state index in [1.54, 1.807) is 30.9 Å². The zero-order valence-electron chi connectivity index (χ0n) is 13.4. The number of rotatable bonds is 4. The molecule has 6 nitrogen and oxygen atoms in total. The van der Waals surface area contributed by atoms with Gasteiger partial charge in [0.2, 0.25) is 15.9 Å². The van der Waals surface area contributed by atoms with Crippen molar-refractivity contribution in [3.05, 3.63) is 29.3 Å². The molecule has 0 fully saturated rings. The Hall–Kier alpha value is -1.15. The number of carbonyl (C=O) groups is 1. The number of nitrogens with two attached hydrogens (primary N) is 1. The number of nitrogens with zero attached hydrogens (tertiary/aromatic N) is 1. The maximum atomic E-state index is 12.3. The number of hydrogen-bond donors (Lipinski definition) is 2. The maximum absolute atomic E-state index is 12.3. The number of hydrogen-bond acceptors (Lipinski definition) is 4. The van der Waals surface area contributed by atoms with Gasteiger partial charge in [-0.3, -0.25) is 4.79 Å². The first kappa shape index (κ1) is 19.9. The second-order valence-corrected chi connectivity index (χ2v) is 7.41. The lowest BCUT2D eigenvalue weighted by atomic mass is 10.0. The van der Waals surface area contributed by atoms with E-state index >= 15 is 0 Å². The molecule has 130 valence electrons. The number of fused-ring (bicyclic) bond motifs is 1. The maximum Gasteiger partial charge on any atom is 0.240 e. The number of amides is 1. The fourth-order valence-electron chi connectivity index (χ4n) is 2.56. The van der Waals surface area contributed by atoms with E-state index in [4.69, 9.17) is 5.73 Å². The molecule has 1 aliphatic rings. The summed E-state index contributed by atoms with van der Waals surface area (Å²) in [6.07, 6.45) is 1.42. The Morgan fingerprint density at radius 3 is 2.48 bits per heavy atom. The van der Waals surface area contributed by atoms with Gasteiger partial charge < -0.3 is 10.6 Å². The molecule has 0 aromatic heterocycles. The summed E-state index contributed by atoms with van der Waals surface area (Å²) in [5.74, 6) is 0.0547. The van der Waals surface area contributed by atoms with Crippen LogP contribution in [-0.2, 0) is 27.7 Å². The van der Waals surface area contributed by atoms with Crippen molar-refractivity contribution in [3.63, 3.8) is 0 Å². The molecule has 0 bridgehead atoms. The summed E-state index contributed by atoms with van der Waals surface area (Å²) in [6, 6.07) is 4.87. The van der Waals surface area contributed by atoms with Gasteiger partial charge in [-0.2, -0.15) is 0 Å². The normalized spacial score (nSPS) is 16.0. The van der Waals surface area contributed by atoms with Gasteiger partial charge in [0.15, 0.2) is 0 Å². The molecule has 1 aromatic carbocycles. The molecule has 23 heavy (non-hydrogen) atoms. The van der Waals surface area contributed by atoms with Crippen molar-refractivity contribution in [1.29, 1.82) is 0 Å². The van der Waals surface area contributed by atoms with Gasteiger partial charge in [0.1, 0.15) is 0 Å². The highest BCUT2D eigenvalue weighted by molar-refractivity contribution is 7.89. The largest absolute Gasteiger partial charge is 0.342 e. The van der Waals surface area contributed by atoms with Crippen molar-refractivity contribution in [2.45, 2.75) is 37.6 Å². The lowest BCUT2D eigenvalue weighted by Crippen LogP contribution is -2.37. The average Bonchev–Trinajstić information content (AvgIpc) is 2.68. The summed E-state index contributed by atoms with van der Waals surface area (Å²) in [4.78, 5) is 13.5. The van der Waals surface area contributed by atoms with Gasteiger partial charge in [-0.15, -0.1) is 12.4 Å². The predicted molar refractivity (Wildman–Crippen MR) is 92.2 cm³/mol. The van der Waals surface area contributed by atoms with Crippen LogP contribution in [0.5, 0.6) is 0 Å². The Morgan fingerprint density at radius 2 is 1.91 bits per heavy atom. The Balaban J connectivity index is 0.00000264. The van der Waals surface area contributed by atoms with E-state index < -0.39 is 10.0 Å². The van der Waals surface area contributed by atoms with E-state index in [-0.39, 0.29) is 35.8 Å². The summed E-state index contributed by atoms with van der Waals surface area (Å²) >= 11 is 0. The molecule has 0 spiro atoms. The molecule has 1 atom stereocenters. The summed E-state index contributed by atoms with van der Waals surface area (Å²) in [5, 5.41) is 0. The minimum absolute atomic E-state index is 0. The zero-order chi connectivity index (χ0) is 16.3. The van der Waals surface area contributed by atoms with Crippen molar-refractivity contribution in [2.75, 3.05) is 19.6 Å². The molecule has 1 aliphatic heterocycles. The first-order valence-electron chi connectivity index (χ1n) is 7.43. The first-order valence-corrected chi connectivity index (χ1v) is 8.91. The minimum atomic E-state index is -3.56. The lowest BCUT2D eigenvalue weighted by Gasteiger charge is -2.17. The van der Waals surface area contributed by atoms with Crippen molar-refractivity contribution >= 4 is 28.3 Å². The lowest BCUT2D eigenvalue weighted by molar-refractivity contribution is -0.128. The standard InChI is InChI=1S/C15H23N3O3S.ClH/c1-11(10-16)17-22(20,21)15-4-3-13-5-7-18(12(2)19)8-6-14(13)9-15;/h3-4,9,11,17H,5-8,10,16H2,1-2H3;1H/t11-;/m1./s1. The summed E-state index contributed by atoms with van der Waals surface area (Å²) in [7, 11) is -3.56. The first-order chi connectivity index (χ1) is 10.3. The quantitative estimate of drug-likeness (QED) is 0.824. The Labute approximate surface area is 143 Å². The van der Waals surface area contributed by atoms with Gasteiger partial charge >= 0.3 is 0 Å². The number of halogens is 1. The molecule has 1 amide bonds. The molecule has 0 aliphatic carbocycles. The molecule has 2 rings (SSSR count). The molecular weight excluding hydrogens is 338 g/mol. The number of nitrogens with one attached hydrogen (secondary N) is 1. The van der Waals surface area contributed by atoms with Crippen molar-refractivity contribution in [2.24, 2.45) is 5.73 Å². The molecule has 1 aromatic rings. The third-order valence-electron chi connectivity index (χ3n) is 3.95. The van der Waals surface area contributed by atoms with Crippen LogP contribution in [0.15, 0.2) is 23.1 Å². The molecule has 0 saturated heterocycles. The van der Waals surface area contributed by atoms with Gasteiger partial charge in [0.05, 0.1) is 4.90 Å². The Bertz CT molecular complexity index is 664. The highest BCUT2D eigenvalue weighted by Gasteiger charge is 2.20. The van der Waals surface area contributed by atoms with Crippen molar-refractivity contribution in [3.8, 4) is 0 Å². The molecule has 0 saturated carbocycles. The van der Waals surface area contributed by atoms with Gasteiger partial charge in [0, 0.05) is 32.6 Å². The smallest absolute Gasteiger partial charge is 0.240 e. The second-order valence-electron chi connectivity index (χ2n) is 5.69. The van der Waals surface area contributed by atoms with E-state index in [1.165, 1.54) is 0 Å². The van der Waals surface area contributed by atoms with E-state index in [1.807, 2.05) is 6.07 Å². The van der Waals surface area contributed by atoms with E-state index in [9.17, 15) is 13.2 Å². The van der Waals surface area contributed by atoms with Crippen LogP contribution in [0, 0.1) is 0 Å². The number of sulfonamides is 1. The molecule has 3 N–H and O–H groups in total. The fourth-order valence-corrected chi connectivity index (χ4v) is 3.87. The Morgan fingerprint density at radius 1 is 1.30 bits per heavy atom. The number of carbonyl (C=O) groups excluding carboxylic acids is 1. The summed E-state index contributed by atoms with van der Waals surface area (Å²) in [5.41, 5.74) is 7.57. The van der Waals surface area contributed by atoms with Crippen LogP contribution < -0.4 is 10.5 Å². The topological polar surface area (TPSA) is 92.5 Å². The fraction of sp³-hybridized carbons (Fsp3) is 0.533. The van der Waals surface area contributed by atoms with Crippen LogP contribution in [0.2, 0.25) is 0 Å². The predicted octanol–water partition coefficient (Wildman–Crippen LogP) is 0.681. The summed E-state index contributed by atoms with van der Waals surface area (Å²) < 4.78 is 27.2. The monoisotopic (exact) mass is 361 g/mol. The second kappa shape index (κ2) is 8.10. The van der Waals surface area contributed by atoms with Crippen LogP contribution in [0.4, 0.5) is 0 Å². The van der Waals surface area contributed by atoms with Crippen LogP contribution in [-0.4, -0.2) is 44.9 Å². The third-order valence-corrected chi connectivity index (χ3v) is 5.53. The van der Waals surface area contributed by atoms with Crippen LogP contribution in [0.3, 0.4) is 0 Å². The van der Waals surface area contributed by atoms with Crippen LogP contribution in [0.25, 0.3) is 0 Å². The molecule has 0 radical (unpaired) electrons.